The zero-order valence-electron chi connectivity index (χ0n) is 11.1. The summed E-state index contributed by atoms with van der Waals surface area (Å²) < 4.78 is 5.97. The van der Waals surface area contributed by atoms with Crippen molar-refractivity contribution in [3.05, 3.63) is 58.0 Å². The van der Waals surface area contributed by atoms with Gasteiger partial charge in [0.25, 0.3) is 0 Å². The Balaban J connectivity index is 1.81. The van der Waals surface area contributed by atoms with Crippen LogP contribution in [-0.4, -0.2) is 0 Å². The van der Waals surface area contributed by atoms with E-state index in [1.54, 1.807) is 11.3 Å². The number of nitrogens with one attached hydrogen (secondary N) is 1. The van der Waals surface area contributed by atoms with E-state index in [2.05, 4.69) is 48.8 Å². The molecule has 0 aliphatic heterocycles. The van der Waals surface area contributed by atoms with Gasteiger partial charge in [-0.25, -0.2) is 0 Å². The summed E-state index contributed by atoms with van der Waals surface area (Å²) in [4.78, 5) is 1.35. The Morgan fingerprint density at radius 2 is 2.05 bits per heavy atom. The average molecular weight is 271 g/mol. The predicted molar refractivity (Wildman–Crippen MR) is 80.5 cm³/mol. The van der Waals surface area contributed by atoms with Crippen LogP contribution < -0.4 is 5.32 Å². The lowest BCUT2D eigenvalue weighted by molar-refractivity contribution is 0.449. The van der Waals surface area contributed by atoms with E-state index in [4.69, 9.17) is 4.42 Å². The molecule has 2 nitrogen and oxygen atoms in total. The van der Waals surface area contributed by atoms with Gasteiger partial charge >= 0.3 is 0 Å². The topological polar surface area (TPSA) is 25.2 Å². The molecule has 0 saturated carbocycles. The number of hydrogen-bond acceptors (Lipinski definition) is 3. The molecule has 2 heterocycles. The lowest BCUT2D eigenvalue weighted by Crippen LogP contribution is -2.17. The number of hydrogen-bond donors (Lipinski definition) is 1. The molecule has 0 amide bonds. The number of fused-ring (bicyclic) bond motifs is 1. The molecule has 3 rings (SSSR count). The smallest absolute Gasteiger partial charge is 0.134 e. The van der Waals surface area contributed by atoms with Crippen molar-refractivity contribution in [1.29, 1.82) is 0 Å². The van der Waals surface area contributed by atoms with Crippen LogP contribution in [0.5, 0.6) is 0 Å². The molecule has 0 bridgehead atoms. The van der Waals surface area contributed by atoms with Gasteiger partial charge in [-0.2, -0.15) is 0 Å². The lowest BCUT2D eigenvalue weighted by Gasteiger charge is -2.11. The molecule has 3 heteroatoms. The van der Waals surface area contributed by atoms with Gasteiger partial charge in [0, 0.05) is 16.8 Å². The van der Waals surface area contributed by atoms with Gasteiger partial charge in [0.1, 0.15) is 11.3 Å². The molecule has 0 aliphatic rings. The van der Waals surface area contributed by atoms with Crippen LogP contribution in [0.4, 0.5) is 0 Å². The number of thiophene rings is 1. The van der Waals surface area contributed by atoms with Crippen molar-refractivity contribution in [1.82, 2.24) is 5.32 Å². The van der Waals surface area contributed by atoms with Crippen LogP contribution in [0, 0.1) is 6.92 Å². The Bertz CT molecular complexity index is 669. The van der Waals surface area contributed by atoms with Crippen LogP contribution in [0.2, 0.25) is 0 Å². The van der Waals surface area contributed by atoms with E-state index in [9.17, 15) is 0 Å². The highest BCUT2D eigenvalue weighted by Crippen LogP contribution is 2.29. The molecular weight excluding hydrogens is 254 g/mol. The minimum absolute atomic E-state index is 0.217. The summed E-state index contributed by atoms with van der Waals surface area (Å²) in [5.41, 5.74) is 2.21. The Kier molecular flexibility index (Phi) is 3.40. The van der Waals surface area contributed by atoms with Crippen molar-refractivity contribution in [3.8, 4) is 0 Å². The zero-order valence-corrected chi connectivity index (χ0v) is 12.0. The fourth-order valence-corrected chi connectivity index (χ4v) is 3.02. The molecule has 2 aromatic heterocycles. The predicted octanol–water partition coefficient (Wildman–Crippen LogP) is 4.65. The number of aryl methyl sites for hydroxylation is 1. The lowest BCUT2D eigenvalue weighted by atomic mass is 10.1. The quantitative estimate of drug-likeness (QED) is 0.747. The SMILES string of the molecule is Cc1c(C(C)NCc2cccs2)oc2ccccc12. The van der Waals surface area contributed by atoms with Crippen LogP contribution in [0.25, 0.3) is 11.0 Å². The summed E-state index contributed by atoms with van der Waals surface area (Å²) in [6.45, 7) is 5.16. The normalized spacial score (nSPS) is 12.9. The van der Waals surface area contributed by atoms with Crippen molar-refractivity contribution in [2.45, 2.75) is 26.4 Å². The van der Waals surface area contributed by atoms with Gasteiger partial charge in [0.05, 0.1) is 6.04 Å². The maximum Gasteiger partial charge on any atom is 0.134 e. The molecule has 0 fully saturated rings. The minimum atomic E-state index is 0.217. The molecule has 1 unspecified atom stereocenters. The molecule has 1 N–H and O–H groups in total. The van der Waals surface area contributed by atoms with Crippen LogP contribution in [0.15, 0.2) is 46.2 Å². The van der Waals surface area contributed by atoms with Crippen LogP contribution >= 0.6 is 11.3 Å². The first kappa shape index (κ1) is 12.5. The summed E-state index contributed by atoms with van der Waals surface area (Å²) in [5.74, 6) is 1.04. The molecule has 98 valence electrons. The summed E-state index contributed by atoms with van der Waals surface area (Å²) >= 11 is 1.78. The summed E-state index contributed by atoms with van der Waals surface area (Å²) in [7, 11) is 0. The van der Waals surface area contributed by atoms with Crippen molar-refractivity contribution >= 4 is 22.3 Å². The largest absolute Gasteiger partial charge is 0.459 e. The van der Waals surface area contributed by atoms with E-state index in [0.29, 0.717) is 0 Å². The van der Waals surface area contributed by atoms with E-state index in [0.717, 1.165) is 17.9 Å². The summed E-state index contributed by atoms with van der Waals surface area (Å²) in [5, 5.41) is 6.84. The Morgan fingerprint density at radius 3 is 2.79 bits per heavy atom. The van der Waals surface area contributed by atoms with Crippen molar-refractivity contribution in [2.24, 2.45) is 0 Å². The molecular formula is C16H17NOS. The van der Waals surface area contributed by atoms with E-state index in [1.807, 2.05) is 12.1 Å². The molecule has 1 aromatic carbocycles. The van der Waals surface area contributed by atoms with Gasteiger partial charge in [0.15, 0.2) is 0 Å². The second-order valence-corrected chi connectivity index (χ2v) is 5.80. The van der Waals surface area contributed by atoms with Crippen LogP contribution in [0.3, 0.4) is 0 Å². The number of para-hydroxylation sites is 1. The van der Waals surface area contributed by atoms with Gasteiger partial charge in [-0.05, 0) is 36.9 Å². The molecule has 1 atom stereocenters. The monoisotopic (exact) mass is 271 g/mol. The van der Waals surface area contributed by atoms with E-state index in [-0.39, 0.29) is 6.04 Å². The highest BCUT2D eigenvalue weighted by molar-refractivity contribution is 7.09. The van der Waals surface area contributed by atoms with Gasteiger partial charge < -0.3 is 9.73 Å². The van der Waals surface area contributed by atoms with Gasteiger partial charge in [-0.15, -0.1) is 11.3 Å². The van der Waals surface area contributed by atoms with E-state index in [1.165, 1.54) is 15.8 Å². The van der Waals surface area contributed by atoms with E-state index < -0.39 is 0 Å². The van der Waals surface area contributed by atoms with Gasteiger partial charge in [0.2, 0.25) is 0 Å². The molecule has 0 aliphatic carbocycles. The third-order valence-corrected chi connectivity index (χ3v) is 4.31. The van der Waals surface area contributed by atoms with Gasteiger partial charge in [-0.1, -0.05) is 24.3 Å². The molecule has 0 saturated heterocycles. The zero-order chi connectivity index (χ0) is 13.2. The Labute approximate surface area is 117 Å². The fourth-order valence-electron chi connectivity index (χ4n) is 2.37. The van der Waals surface area contributed by atoms with E-state index >= 15 is 0 Å². The number of furan rings is 1. The first-order valence-corrected chi connectivity index (χ1v) is 7.37. The number of benzene rings is 1. The maximum atomic E-state index is 5.97. The second kappa shape index (κ2) is 5.19. The molecule has 0 radical (unpaired) electrons. The molecule has 19 heavy (non-hydrogen) atoms. The first-order chi connectivity index (χ1) is 9.25. The summed E-state index contributed by atoms with van der Waals surface area (Å²) in [6, 6.07) is 12.7. The van der Waals surface area contributed by atoms with Crippen molar-refractivity contribution in [2.75, 3.05) is 0 Å². The highest BCUT2D eigenvalue weighted by Gasteiger charge is 2.15. The second-order valence-electron chi connectivity index (χ2n) is 4.77. The average Bonchev–Trinajstić information content (AvgIpc) is 3.05. The Morgan fingerprint density at radius 1 is 1.21 bits per heavy atom. The van der Waals surface area contributed by atoms with Crippen molar-refractivity contribution in [3.63, 3.8) is 0 Å². The highest BCUT2D eigenvalue weighted by atomic mass is 32.1. The first-order valence-electron chi connectivity index (χ1n) is 6.49. The van der Waals surface area contributed by atoms with Crippen LogP contribution in [0.1, 0.15) is 29.2 Å². The van der Waals surface area contributed by atoms with Gasteiger partial charge in [-0.3, -0.25) is 0 Å². The van der Waals surface area contributed by atoms with Crippen molar-refractivity contribution < 1.29 is 4.42 Å². The van der Waals surface area contributed by atoms with Crippen LogP contribution in [-0.2, 0) is 6.54 Å². The fraction of sp³-hybridized carbons (Fsp3) is 0.250. The Hall–Kier alpha value is -1.58. The molecule has 3 aromatic rings. The standard InChI is InChI=1S/C16H17NOS/c1-11-14-7-3-4-8-15(14)18-16(11)12(2)17-10-13-6-5-9-19-13/h3-9,12,17H,10H2,1-2H3. The maximum absolute atomic E-state index is 5.97. The minimum Gasteiger partial charge on any atom is -0.459 e. The molecule has 0 spiro atoms. The summed E-state index contributed by atoms with van der Waals surface area (Å²) in [6.07, 6.45) is 0. The third-order valence-electron chi connectivity index (χ3n) is 3.44. The number of rotatable bonds is 4. The third kappa shape index (κ3) is 2.44.